The minimum absolute atomic E-state index is 0. The molecule has 0 aromatic heterocycles. The van der Waals surface area contributed by atoms with E-state index < -0.39 is 12.2 Å². The van der Waals surface area contributed by atoms with E-state index in [1.807, 2.05) is 0 Å². The normalized spacial score (nSPS) is 16.5. The van der Waals surface area contributed by atoms with E-state index in [1.54, 1.807) is 13.8 Å². The van der Waals surface area contributed by atoms with Crippen molar-refractivity contribution >= 4 is 0 Å². The number of hydrogen-bond acceptors (Lipinski definition) is 2. The third-order valence-electron chi connectivity index (χ3n) is 0.557. The molecular weight excluding hydrogens is 251 g/mol. The molecule has 0 saturated carbocycles. The molecule has 1 radical (unpaired) electrons. The standard InChI is InChI=1S/C5H11O2.Tb/c1-4(6)3-5(2)7;/h3-7H,1-2H3;/q-1;. The van der Waals surface area contributed by atoms with Gasteiger partial charge in [0, 0.05) is 38.6 Å². The topological polar surface area (TPSA) is 40.5 Å². The van der Waals surface area contributed by atoms with Gasteiger partial charge in [0.05, 0.1) is 0 Å². The number of hydrogen-bond donors (Lipinski definition) is 2. The second-order valence-electron chi connectivity index (χ2n) is 1.67. The molecule has 0 fully saturated rings. The molecule has 0 amide bonds. The van der Waals surface area contributed by atoms with Gasteiger partial charge < -0.3 is 10.2 Å². The molecule has 0 aromatic rings. The number of aliphatic hydroxyl groups excluding tert-OH is 2. The monoisotopic (exact) mass is 262 g/mol. The summed E-state index contributed by atoms with van der Waals surface area (Å²) < 4.78 is 0. The molecule has 0 bridgehead atoms. The van der Waals surface area contributed by atoms with Crippen LogP contribution < -0.4 is 0 Å². The zero-order valence-electron chi connectivity index (χ0n) is 4.96. The molecule has 0 rings (SSSR count). The first-order valence-electron chi connectivity index (χ1n) is 2.34. The first-order valence-corrected chi connectivity index (χ1v) is 2.34. The average Bonchev–Trinajstić information content (AvgIpc) is 1.27. The van der Waals surface area contributed by atoms with E-state index in [4.69, 9.17) is 10.2 Å². The second-order valence-corrected chi connectivity index (χ2v) is 1.67. The van der Waals surface area contributed by atoms with Gasteiger partial charge in [-0.05, 0) is 0 Å². The molecule has 0 aliphatic carbocycles. The molecule has 0 aliphatic rings. The van der Waals surface area contributed by atoms with E-state index in [0.29, 0.717) is 0 Å². The van der Waals surface area contributed by atoms with Gasteiger partial charge in [0.2, 0.25) is 0 Å². The Kier molecular flexibility index (Phi) is 9.44. The van der Waals surface area contributed by atoms with Gasteiger partial charge in [-0.25, -0.2) is 0 Å². The van der Waals surface area contributed by atoms with Crippen molar-refractivity contribution in [2.75, 3.05) is 0 Å². The summed E-state index contributed by atoms with van der Waals surface area (Å²) in [7, 11) is 0. The smallest absolute Gasteiger partial charge is 0 e. The first kappa shape index (κ1) is 11.9. The molecule has 0 aromatic carbocycles. The van der Waals surface area contributed by atoms with E-state index in [9.17, 15) is 0 Å². The van der Waals surface area contributed by atoms with Crippen molar-refractivity contribution in [3.8, 4) is 0 Å². The van der Waals surface area contributed by atoms with Crippen LogP contribution in [-0.2, 0) is 0 Å². The summed E-state index contributed by atoms with van der Waals surface area (Å²) in [5.41, 5.74) is 0. The predicted octanol–water partition coefficient (Wildman–Crippen LogP) is -0.0477. The van der Waals surface area contributed by atoms with Crippen molar-refractivity contribution in [3.63, 3.8) is 0 Å². The van der Waals surface area contributed by atoms with E-state index >= 15 is 0 Å². The van der Waals surface area contributed by atoms with Gasteiger partial charge in [-0.3, -0.25) is 6.42 Å². The van der Waals surface area contributed by atoms with Crippen LogP contribution >= 0.6 is 0 Å². The van der Waals surface area contributed by atoms with Crippen molar-refractivity contribution < 1.29 is 48.8 Å². The van der Waals surface area contributed by atoms with Gasteiger partial charge in [0.25, 0.3) is 0 Å². The summed E-state index contributed by atoms with van der Waals surface area (Å²) in [6.07, 6.45) is 0.444. The number of aliphatic hydroxyl groups is 2. The Bertz CT molecular complexity index is 39.7. The van der Waals surface area contributed by atoms with Crippen LogP contribution in [0.15, 0.2) is 0 Å². The maximum atomic E-state index is 8.51. The van der Waals surface area contributed by atoms with Crippen LogP contribution in [0.5, 0.6) is 0 Å². The molecule has 3 heteroatoms. The van der Waals surface area contributed by atoms with Crippen molar-refractivity contribution in [3.05, 3.63) is 6.42 Å². The Morgan fingerprint density at radius 2 is 1.38 bits per heavy atom. The molecule has 0 spiro atoms. The Morgan fingerprint density at radius 1 is 1.12 bits per heavy atom. The minimum Gasteiger partial charge on any atom is -0.425 e. The molecule has 0 aliphatic heterocycles. The van der Waals surface area contributed by atoms with Crippen LogP contribution in [-0.4, -0.2) is 22.4 Å². The third kappa shape index (κ3) is 10.2. The Hall–Kier alpha value is 1.21. The predicted molar refractivity (Wildman–Crippen MR) is 27.7 cm³/mol. The van der Waals surface area contributed by atoms with E-state index in [2.05, 4.69) is 0 Å². The Morgan fingerprint density at radius 3 is 1.38 bits per heavy atom. The minimum atomic E-state index is -0.500. The van der Waals surface area contributed by atoms with E-state index in [1.165, 1.54) is 6.42 Å². The summed E-state index contributed by atoms with van der Waals surface area (Å²) in [5.74, 6) is 0. The van der Waals surface area contributed by atoms with Crippen LogP contribution in [0.25, 0.3) is 0 Å². The van der Waals surface area contributed by atoms with Crippen LogP contribution in [0.1, 0.15) is 13.8 Å². The molecule has 8 heavy (non-hydrogen) atoms. The fourth-order valence-corrected chi connectivity index (χ4v) is 0.403. The van der Waals surface area contributed by atoms with Gasteiger partial charge in [-0.2, -0.15) is 0 Å². The Labute approximate surface area is 80.7 Å². The first-order chi connectivity index (χ1) is 3.13. The summed E-state index contributed by atoms with van der Waals surface area (Å²) in [5, 5.41) is 17.0. The molecule has 2 atom stereocenters. The van der Waals surface area contributed by atoms with Gasteiger partial charge in [0.15, 0.2) is 0 Å². The van der Waals surface area contributed by atoms with E-state index in [0.717, 1.165) is 0 Å². The fraction of sp³-hybridized carbons (Fsp3) is 0.800. The second kappa shape index (κ2) is 6.33. The summed E-state index contributed by atoms with van der Waals surface area (Å²) in [6.45, 7) is 3.21. The van der Waals surface area contributed by atoms with Crippen molar-refractivity contribution in [2.24, 2.45) is 0 Å². The summed E-state index contributed by atoms with van der Waals surface area (Å²) in [4.78, 5) is 0. The van der Waals surface area contributed by atoms with Crippen molar-refractivity contribution in [1.29, 1.82) is 0 Å². The Balaban J connectivity index is 0. The van der Waals surface area contributed by atoms with Crippen LogP contribution in [0.4, 0.5) is 0 Å². The van der Waals surface area contributed by atoms with Gasteiger partial charge >= 0.3 is 0 Å². The van der Waals surface area contributed by atoms with Gasteiger partial charge in [-0.15, -0.1) is 0 Å². The zero-order chi connectivity index (χ0) is 5.86. The van der Waals surface area contributed by atoms with Crippen LogP contribution in [0.2, 0.25) is 0 Å². The maximum absolute atomic E-state index is 8.51. The molecule has 53 valence electrons. The van der Waals surface area contributed by atoms with Gasteiger partial charge in [0.1, 0.15) is 0 Å². The molecule has 0 heterocycles. The summed E-state index contributed by atoms with van der Waals surface area (Å²) in [6, 6.07) is 0. The van der Waals surface area contributed by atoms with E-state index in [-0.39, 0.29) is 38.6 Å². The average molecular weight is 262 g/mol. The molecular formula is C5H11O2Tb-. The molecule has 0 saturated heterocycles. The van der Waals surface area contributed by atoms with Crippen molar-refractivity contribution in [1.82, 2.24) is 0 Å². The third-order valence-corrected chi connectivity index (χ3v) is 0.557. The molecule has 2 unspecified atom stereocenters. The SMILES string of the molecule is CC(O)[CH-]C(C)O.[Tb]. The van der Waals surface area contributed by atoms with Crippen molar-refractivity contribution in [2.45, 2.75) is 26.1 Å². The van der Waals surface area contributed by atoms with Gasteiger partial charge in [-0.1, -0.05) is 26.1 Å². The zero-order valence-corrected chi connectivity index (χ0v) is 7.10. The maximum Gasteiger partial charge on any atom is 0 e. The quantitative estimate of drug-likeness (QED) is 0.685. The summed E-state index contributed by atoms with van der Waals surface area (Å²) >= 11 is 0. The molecule has 2 N–H and O–H groups in total. The fourth-order valence-electron chi connectivity index (χ4n) is 0.403. The largest absolute Gasteiger partial charge is 0.425 e. The number of rotatable bonds is 2. The van der Waals surface area contributed by atoms with Crippen LogP contribution in [0.3, 0.4) is 0 Å². The van der Waals surface area contributed by atoms with Crippen LogP contribution in [0, 0.1) is 45.0 Å². The molecule has 2 nitrogen and oxygen atoms in total.